The van der Waals surface area contributed by atoms with Crippen molar-refractivity contribution >= 4 is 35.9 Å². The van der Waals surface area contributed by atoms with Crippen molar-refractivity contribution in [2.75, 3.05) is 32.7 Å². The molecule has 1 aliphatic heterocycles. The van der Waals surface area contributed by atoms with Gasteiger partial charge in [0.25, 0.3) is 0 Å². The highest BCUT2D eigenvalue weighted by Crippen LogP contribution is 2.17. The number of amides is 5. The lowest BCUT2D eigenvalue weighted by Crippen LogP contribution is -2.60. The first-order valence-corrected chi connectivity index (χ1v) is 14.3. The number of benzene rings is 1. The smallest absolute Gasteiger partial charge is 0.407 e. The molecule has 1 unspecified atom stereocenters. The predicted octanol–water partition coefficient (Wildman–Crippen LogP) is 1.63. The molecular weight excluding hydrogens is 562 g/mol. The number of rotatable bonds is 14. The van der Waals surface area contributed by atoms with E-state index >= 15 is 0 Å². The zero-order valence-electron chi connectivity index (χ0n) is 25.2. The lowest BCUT2D eigenvalue weighted by molar-refractivity contribution is -0.155. The van der Waals surface area contributed by atoms with E-state index in [9.17, 15) is 33.9 Å². The molecule has 1 heterocycles. The quantitative estimate of drug-likeness (QED) is 0.229. The largest absolute Gasteiger partial charge is 0.480 e. The summed E-state index contributed by atoms with van der Waals surface area (Å²) < 4.78 is 10.3. The van der Waals surface area contributed by atoms with E-state index in [1.807, 2.05) is 6.07 Å². The first kappa shape index (κ1) is 34.8. The number of carbonyl (C=O) groups is 6. The molecule has 43 heavy (non-hydrogen) atoms. The number of nitrogens with zero attached hydrogens (tertiary/aromatic N) is 2. The van der Waals surface area contributed by atoms with Crippen LogP contribution < -0.4 is 16.0 Å². The number of carbonyl (C=O) groups excluding carboxylic acids is 5. The maximum atomic E-state index is 13.1. The third-order valence-electron chi connectivity index (χ3n) is 6.37. The van der Waals surface area contributed by atoms with Gasteiger partial charge in [0.2, 0.25) is 17.7 Å². The van der Waals surface area contributed by atoms with Gasteiger partial charge in [0, 0.05) is 32.1 Å². The maximum Gasteiger partial charge on any atom is 0.407 e. The van der Waals surface area contributed by atoms with Gasteiger partial charge >= 0.3 is 18.2 Å². The van der Waals surface area contributed by atoms with Gasteiger partial charge in [0.1, 0.15) is 31.3 Å². The van der Waals surface area contributed by atoms with Crippen LogP contribution >= 0.6 is 0 Å². The number of piperazine rings is 1. The van der Waals surface area contributed by atoms with Crippen LogP contribution in [0.4, 0.5) is 9.59 Å². The van der Waals surface area contributed by atoms with Crippen LogP contribution in [-0.4, -0.2) is 101 Å². The zero-order valence-corrected chi connectivity index (χ0v) is 25.2. The van der Waals surface area contributed by atoms with Crippen LogP contribution in [0.3, 0.4) is 0 Å². The average molecular weight is 606 g/mol. The second-order valence-corrected chi connectivity index (χ2v) is 11.2. The van der Waals surface area contributed by atoms with E-state index in [0.29, 0.717) is 12.8 Å². The van der Waals surface area contributed by atoms with Crippen LogP contribution in [0.25, 0.3) is 0 Å². The fourth-order valence-corrected chi connectivity index (χ4v) is 4.30. The minimum atomic E-state index is -1.17. The number of carboxylic acids is 1. The Kier molecular flexibility index (Phi) is 13.7. The monoisotopic (exact) mass is 605 g/mol. The van der Waals surface area contributed by atoms with E-state index in [4.69, 9.17) is 9.47 Å². The van der Waals surface area contributed by atoms with Crippen LogP contribution in [0.1, 0.15) is 58.9 Å². The third-order valence-corrected chi connectivity index (χ3v) is 6.37. The van der Waals surface area contributed by atoms with Crippen LogP contribution in [0.5, 0.6) is 0 Å². The molecule has 0 saturated carbocycles. The van der Waals surface area contributed by atoms with Gasteiger partial charge in [0.05, 0.1) is 0 Å². The number of hydrogen-bond donors (Lipinski definition) is 4. The van der Waals surface area contributed by atoms with E-state index in [-0.39, 0.29) is 51.0 Å². The van der Waals surface area contributed by atoms with E-state index in [1.54, 1.807) is 52.0 Å². The van der Waals surface area contributed by atoms with Gasteiger partial charge in [-0.1, -0.05) is 30.3 Å². The van der Waals surface area contributed by atoms with Crippen LogP contribution in [0.2, 0.25) is 0 Å². The van der Waals surface area contributed by atoms with Crippen molar-refractivity contribution in [1.82, 2.24) is 25.8 Å². The Labute approximate surface area is 251 Å². The molecule has 4 N–H and O–H groups in total. The summed E-state index contributed by atoms with van der Waals surface area (Å²) in [5.74, 6) is -2.44. The van der Waals surface area contributed by atoms with Crippen molar-refractivity contribution in [2.24, 2.45) is 0 Å². The van der Waals surface area contributed by atoms with Crippen molar-refractivity contribution < 1.29 is 43.3 Å². The number of ether oxygens (including phenoxy) is 2. The fraction of sp³-hybridized carbons (Fsp3) is 0.586. The summed E-state index contributed by atoms with van der Waals surface area (Å²) >= 11 is 0. The molecule has 1 aliphatic rings. The molecule has 2 atom stereocenters. The third kappa shape index (κ3) is 13.4. The van der Waals surface area contributed by atoms with Gasteiger partial charge in [0.15, 0.2) is 0 Å². The summed E-state index contributed by atoms with van der Waals surface area (Å²) in [4.78, 5) is 76.0. The van der Waals surface area contributed by atoms with Gasteiger partial charge < -0.3 is 40.3 Å². The van der Waals surface area contributed by atoms with Crippen molar-refractivity contribution in [1.29, 1.82) is 0 Å². The number of nitrogens with one attached hydrogen (secondary N) is 3. The first-order valence-electron chi connectivity index (χ1n) is 14.3. The van der Waals surface area contributed by atoms with E-state index in [1.165, 1.54) is 9.80 Å². The minimum Gasteiger partial charge on any atom is -0.480 e. The summed E-state index contributed by atoms with van der Waals surface area (Å²) in [6.07, 6.45) is -0.293. The van der Waals surface area contributed by atoms with Crippen molar-refractivity contribution in [3.05, 3.63) is 35.9 Å². The Hall–Kier alpha value is -4.36. The number of carboxylic acid groups (broad SMARTS) is 1. The van der Waals surface area contributed by atoms with Crippen molar-refractivity contribution in [2.45, 2.75) is 77.7 Å². The lowest BCUT2D eigenvalue weighted by Gasteiger charge is -2.40. The van der Waals surface area contributed by atoms with Crippen LogP contribution in [-0.2, 0) is 35.3 Å². The first-order chi connectivity index (χ1) is 20.2. The Bertz CT molecular complexity index is 1120. The highest BCUT2D eigenvalue weighted by atomic mass is 16.6. The number of hydrogen-bond acceptors (Lipinski definition) is 8. The molecule has 1 aromatic rings. The Morgan fingerprint density at radius 1 is 1.05 bits per heavy atom. The van der Waals surface area contributed by atoms with Gasteiger partial charge in [-0.15, -0.1) is 0 Å². The molecule has 0 aromatic heterocycles. The van der Waals surface area contributed by atoms with E-state index in [0.717, 1.165) is 5.56 Å². The molecule has 0 radical (unpaired) electrons. The van der Waals surface area contributed by atoms with E-state index < -0.39 is 54.7 Å². The Morgan fingerprint density at radius 3 is 2.40 bits per heavy atom. The SMILES string of the molecule is CC(CCC(=O)NCCC[C@H]1C(=O)N(CC(=O)O)CCN1C(=O)CNC(=O)OCc1ccccc1)NC(=O)OC(C)(C)C. The predicted molar refractivity (Wildman–Crippen MR) is 155 cm³/mol. The molecule has 14 nitrogen and oxygen atoms in total. The molecule has 0 bridgehead atoms. The lowest BCUT2D eigenvalue weighted by atomic mass is 10.0. The Balaban J connectivity index is 1.83. The van der Waals surface area contributed by atoms with Crippen molar-refractivity contribution in [3.8, 4) is 0 Å². The second kappa shape index (κ2) is 16.9. The van der Waals surface area contributed by atoms with E-state index in [2.05, 4.69) is 16.0 Å². The summed E-state index contributed by atoms with van der Waals surface area (Å²) in [5.41, 5.74) is 0.152. The number of alkyl carbamates (subject to hydrolysis) is 2. The number of aliphatic carboxylic acids is 1. The summed E-state index contributed by atoms with van der Waals surface area (Å²) in [7, 11) is 0. The molecule has 0 spiro atoms. The van der Waals surface area contributed by atoms with Crippen LogP contribution in [0.15, 0.2) is 30.3 Å². The summed E-state index contributed by atoms with van der Waals surface area (Å²) in [6, 6.07) is 7.79. The second-order valence-electron chi connectivity index (χ2n) is 11.2. The molecule has 238 valence electrons. The van der Waals surface area contributed by atoms with Gasteiger partial charge in [-0.3, -0.25) is 19.2 Å². The molecule has 1 aromatic carbocycles. The molecule has 0 aliphatic carbocycles. The average Bonchev–Trinajstić information content (AvgIpc) is 2.92. The topological polar surface area (TPSA) is 184 Å². The molecular formula is C29H43N5O9. The van der Waals surface area contributed by atoms with Crippen LogP contribution in [0, 0.1) is 0 Å². The Morgan fingerprint density at radius 2 is 1.74 bits per heavy atom. The fourth-order valence-electron chi connectivity index (χ4n) is 4.30. The summed E-state index contributed by atoms with van der Waals surface area (Å²) in [6.45, 7) is 6.52. The molecule has 14 heteroatoms. The minimum absolute atomic E-state index is 0.0285. The highest BCUT2D eigenvalue weighted by molar-refractivity contribution is 5.92. The molecule has 5 amide bonds. The highest BCUT2D eigenvalue weighted by Gasteiger charge is 2.37. The van der Waals surface area contributed by atoms with Crippen molar-refractivity contribution in [3.63, 3.8) is 0 Å². The molecule has 2 rings (SSSR count). The maximum absolute atomic E-state index is 13.1. The standard InChI is InChI=1S/C29H43N5O9/c1-20(32-28(41)43-29(2,3)4)12-13-23(35)30-14-8-11-22-26(39)33(18-25(37)38)15-16-34(22)24(36)17-31-27(40)42-19-21-9-6-5-7-10-21/h5-7,9-10,20,22H,8,11-19H2,1-4H3,(H,30,35)(H,31,40)(H,32,41)(H,37,38)/t20?,22-/m0/s1. The van der Waals surface area contributed by atoms with Gasteiger partial charge in [-0.2, -0.15) is 0 Å². The molecule has 1 saturated heterocycles. The van der Waals surface area contributed by atoms with Gasteiger partial charge in [-0.05, 0) is 52.5 Å². The van der Waals surface area contributed by atoms with Gasteiger partial charge in [-0.25, -0.2) is 9.59 Å². The zero-order chi connectivity index (χ0) is 32.0. The molecule has 1 fully saturated rings. The summed E-state index contributed by atoms with van der Waals surface area (Å²) in [5, 5.41) is 17.0. The normalized spacial score (nSPS) is 15.7.